The van der Waals surface area contributed by atoms with Crippen LogP contribution in [0.25, 0.3) is 0 Å². The van der Waals surface area contributed by atoms with Crippen LogP contribution in [0.4, 0.5) is 4.79 Å². The normalized spacial score (nSPS) is 22.4. The molecule has 1 aliphatic rings. The van der Waals surface area contributed by atoms with E-state index in [-0.39, 0.29) is 12.2 Å². The van der Waals surface area contributed by atoms with Crippen LogP contribution >= 0.6 is 0 Å². The highest BCUT2D eigenvalue weighted by Crippen LogP contribution is 2.17. The average molecular weight is 318 g/mol. The molecule has 1 saturated heterocycles. The van der Waals surface area contributed by atoms with Gasteiger partial charge < -0.3 is 18.9 Å². The molecule has 122 valence electrons. The zero-order chi connectivity index (χ0) is 16.3. The number of morpholine rings is 1. The van der Waals surface area contributed by atoms with Gasteiger partial charge in [0, 0.05) is 6.54 Å². The monoisotopic (exact) mass is 318 g/mol. The minimum absolute atomic E-state index is 0.349. The van der Waals surface area contributed by atoms with Crippen molar-refractivity contribution in [2.45, 2.75) is 58.0 Å². The second-order valence-electron chi connectivity index (χ2n) is 6.95. The predicted octanol–water partition coefficient (Wildman–Crippen LogP) is 2.16. The van der Waals surface area contributed by atoms with E-state index < -0.39 is 21.7 Å². The van der Waals surface area contributed by atoms with Gasteiger partial charge in [0.1, 0.15) is 27.8 Å². The van der Waals surface area contributed by atoms with Crippen LogP contribution in [0.1, 0.15) is 41.5 Å². The van der Waals surface area contributed by atoms with Gasteiger partial charge >= 0.3 is 6.09 Å². The summed E-state index contributed by atoms with van der Waals surface area (Å²) in [5.41, 5.74) is -0.521. The van der Waals surface area contributed by atoms with Gasteiger partial charge in [0.2, 0.25) is 0 Å². The molecule has 0 N–H and O–H groups in total. The number of rotatable bonds is 2. The fourth-order valence-corrected chi connectivity index (χ4v) is 2.10. The van der Waals surface area contributed by atoms with Gasteiger partial charge in [0.15, 0.2) is 0 Å². The first-order valence-corrected chi connectivity index (χ1v) is 8.15. The Labute approximate surface area is 130 Å². The van der Waals surface area contributed by atoms with Crippen molar-refractivity contribution in [3.05, 3.63) is 0 Å². The largest absolute Gasteiger partial charge is 0.591 e. The zero-order valence-electron chi connectivity index (χ0n) is 13.7. The highest BCUT2D eigenvalue weighted by Gasteiger charge is 2.29. The van der Waals surface area contributed by atoms with Crippen molar-refractivity contribution >= 4 is 23.7 Å². The van der Waals surface area contributed by atoms with E-state index >= 15 is 0 Å². The molecule has 0 radical (unpaired) electrons. The molecule has 1 fully saturated rings. The summed E-state index contributed by atoms with van der Waals surface area (Å²) in [5, 5.41) is 0. The summed E-state index contributed by atoms with van der Waals surface area (Å²) < 4.78 is 26.3. The summed E-state index contributed by atoms with van der Waals surface area (Å²) in [6.07, 6.45) is 0.816. The van der Waals surface area contributed by atoms with Gasteiger partial charge in [-0.1, -0.05) is 4.40 Å². The lowest BCUT2D eigenvalue weighted by Gasteiger charge is -2.32. The lowest BCUT2D eigenvalue weighted by atomic mass is 10.2. The van der Waals surface area contributed by atoms with Crippen LogP contribution in [-0.2, 0) is 20.8 Å². The molecule has 6 nitrogen and oxygen atoms in total. The van der Waals surface area contributed by atoms with E-state index in [0.29, 0.717) is 19.7 Å². The average Bonchev–Trinajstić information content (AvgIpc) is 2.33. The Kier molecular flexibility index (Phi) is 6.07. The van der Waals surface area contributed by atoms with Crippen LogP contribution in [0.15, 0.2) is 4.40 Å². The number of nitrogens with zero attached hydrogens (tertiary/aromatic N) is 2. The Morgan fingerprint density at radius 1 is 1.38 bits per heavy atom. The van der Waals surface area contributed by atoms with Crippen molar-refractivity contribution in [3.8, 4) is 0 Å². The van der Waals surface area contributed by atoms with E-state index in [0.717, 1.165) is 0 Å². The molecule has 0 aromatic carbocycles. The molecule has 1 rings (SSSR count). The molecule has 21 heavy (non-hydrogen) atoms. The maximum atomic E-state index is 12.0. The molecule has 2 atom stereocenters. The van der Waals surface area contributed by atoms with E-state index in [2.05, 4.69) is 4.40 Å². The molecular weight excluding hydrogens is 292 g/mol. The molecule has 0 spiro atoms. The van der Waals surface area contributed by atoms with E-state index in [1.54, 1.807) is 4.90 Å². The fraction of sp³-hybridized carbons (Fsp3) is 0.857. The predicted molar refractivity (Wildman–Crippen MR) is 83.9 cm³/mol. The quantitative estimate of drug-likeness (QED) is 0.577. The van der Waals surface area contributed by atoms with Crippen molar-refractivity contribution in [1.82, 2.24) is 4.90 Å². The number of amides is 1. The fourth-order valence-electron chi connectivity index (χ4n) is 1.54. The lowest BCUT2D eigenvalue weighted by molar-refractivity contribution is -0.0197. The molecule has 1 heterocycles. The summed E-state index contributed by atoms with van der Waals surface area (Å²) in [6.45, 7) is 12.3. The van der Waals surface area contributed by atoms with Crippen LogP contribution in [0.3, 0.4) is 0 Å². The molecule has 1 amide bonds. The van der Waals surface area contributed by atoms with Gasteiger partial charge in [0.05, 0.1) is 19.4 Å². The van der Waals surface area contributed by atoms with Crippen molar-refractivity contribution in [1.29, 1.82) is 0 Å². The lowest BCUT2D eigenvalue weighted by Crippen LogP contribution is -2.48. The van der Waals surface area contributed by atoms with Gasteiger partial charge in [-0.2, -0.15) is 0 Å². The Bertz CT molecular complexity index is 387. The van der Waals surface area contributed by atoms with E-state index in [9.17, 15) is 9.35 Å². The van der Waals surface area contributed by atoms with Gasteiger partial charge in [-0.3, -0.25) is 0 Å². The first-order valence-electron chi connectivity index (χ1n) is 7.05. The second-order valence-corrected chi connectivity index (χ2v) is 8.89. The molecule has 0 saturated carbocycles. The van der Waals surface area contributed by atoms with Crippen molar-refractivity contribution < 1.29 is 18.8 Å². The Morgan fingerprint density at radius 2 is 2.00 bits per heavy atom. The van der Waals surface area contributed by atoms with Crippen molar-refractivity contribution in [3.63, 3.8) is 0 Å². The molecule has 1 aliphatic heterocycles. The highest BCUT2D eigenvalue weighted by atomic mass is 32.2. The molecule has 0 bridgehead atoms. The minimum Gasteiger partial charge on any atom is -0.591 e. The molecule has 0 aromatic heterocycles. The molecule has 0 aromatic rings. The van der Waals surface area contributed by atoms with Gasteiger partial charge in [-0.05, 0) is 41.5 Å². The Morgan fingerprint density at radius 3 is 2.52 bits per heavy atom. The molecule has 0 aliphatic carbocycles. The topological polar surface area (TPSA) is 74.2 Å². The molecule has 7 heteroatoms. The third-order valence-electron chi connectivity index (χ3n) is 2.59. The standard InChI is InChI=1S/C14H26N2O4S/c1-13(2,3)20-12(17)16-7-8-19-11(10-16)9-15-21(18)14(4,5)6/h9,11H,7-8,10H2,1-6H3/t11-,21?/m1/s1. The summed E-state index contributed by atoms with van der Waals surface area (Å²) in [4.78, 5) is 13.6. The first-order chi connectivity index (χ1) is 9.49. The summed E-state index contributed by atoms with van der Waals surface area (Å²) in [6, 6.07) is 0. The van der Waals surface area contributed by atoms with Crippen LogP contribution in [0.2, 0.25) is 0 Å². The van der Waals surface area contributed by atoms with Crippen LogP contribution in [0, 0.1) is 0 Å². The molecular formula is C14H26N2O4S. The van der Waals surface area contributed by atoms with Crippen molar-refractivity contribution in [2.24, 2.45) is 4.40 Å². The maximum absolute atomic E-state index is 12.0. The number of carbonyl (C=O) groups excluding carboxylic acids is 1. The number of hydrogen-bond donors (Lipinski definition) is 0. The van der Waals surface area contributed by atoms with Gasteiger partial charge in [-0.15, -0.1) is 0 Å². The van der Waals surface area contributed by atoms with Crippen LogP contribution < -0.4 is 0 Å². The van der Waals surface area contributed by atoms with Crippen molar-refractivity contribution in [2.75, 3.05) is 19.7 Å². The van der Waals surface area contributed by atoms with E-state index in [4.69, 9.17) is 9.47 Å². The SMILES string of the molecule is CC(C)(C)OC(=O)N1CCO[C@H](C=N[S+]([O-])C(C)(C)C)C1. The van der Waals surface area contributed by atoms with Crippen LogP contribution in [0.5, 0.6) is 0 Å². The third-order valence-corrected chi connectivity index (χ3v) is 3.95. The summed E-state index contributed by atoms with van der Waals surface area (Å²) in [7, 11) is 0. The first kappa shape index (κ1) is 18.3. The third kappa shape index (κ3) is 6.67. The molecule has 1 unspecified atom stereocenters. The van der Waals surface area contributed by atoms with E-state index in [1.807, 2.05) is 41.5 Å². The van der Waals surface area contributed by atoms with Crippen LogP contribution in [-0.4, -0.2) is 57.9 Å². The smallest absolute Gasteiger partial charge is 0.410 e. The summed E-state index contributed by atoms with van der Waals surface area (Å²) in [5.74, 6) is 0. The van der Waals surface area contributed by atoms with E-state index in [1.165, 1.54) is 6.21 Å². The van der Waals surface area contributed by atoms with Gasteiger partial charge in [-0.25, -0.2) is 4.79 Å². The summed E-state index contributed by atoms with van der Waals surface area (Å²) >= 11 is -1.32. The van der Waals surface area contributed by atoms with Gasteiger partial charge in [0.25, 0.3) is 0 Å². The number of carbonyl (C=O) groups is 1. The Balaban J connectivity index is 2.56. The number of hydrogen-bond acceptors (Lipinski definition) is 5. The number of ether oxygens (including phenoxy) is 2. The minimum atomic E-state index is -1.32. The highest BCUT2D eigenvalue weighted by molar-refractivity contribution is 7.91. The second kappa shape index (κ2) is 6.98. The Hall–Kier alpha value is -0.790. The zero-order valence-corrected chi connectivity index (χ0v) is 14.5. The maximum Gasteiger partial charge on any atom is 0.410 e.